The van der Waals surface area contributed by atoms with Crippen molar-refractivity contribution in [2.24, 2.45) is 0 Å². The lowest BCUT2D eigenvalue weighted by Gasteiger charge is -2.29. The highest BCUT2D eigenvalue weighted by atomic mass is 32.1. The summed E-state index contributed by atoms with van der Waals surface area (Å²) in [6.45, 7) is 1.22. The summed E-state index contributed by atoms with van der Waals surface area (Å²) in [6.07, 6.45) is 0.961. The summed E-state index contributed by atoms with van der Waals surface area (Å²) >= 11 is 1.26. The van der Waals surface area contributed by atoms with Gasteiger partial charge in [-0.05, 0) is 53.9 Å². The minimum absolute atomic E-state index is 0.00169. The molecule has 1 aromatic heterocycles. The number of carbonyl (C=O) groups excluding carboxylic acids is 2. The fourth-order valence-corrected chi connectivity index (χ4v) is 4.06. The average molecular weight is 425 g/mol. The van der Waals surface area contributed by atoms with E-state index in [0.717, 1.165) is 17.7 Å². The van der Waals surface area contributed by atoms with Gasteiger partial charge in [0, 0.05) is 24.0 Å². The van der Waals surface area contributed by atoms with Gasteiger partial charge in [0.15, 0.2) is 5.13 Å². The van der Waals surface area contributed by atoms with Crippen molar-refractivity contribution in [2.45, 2.75) is 19.4 Å². The van der Waals surface area contributed by atoms with Crippen LogP contribution >= 0.6 is 11.3 Å². The molecule has 0 radical (unpaired) electrons. The van der Waals surface area contributed by atoms with E-state index in [9.17, 15) is 14.0 Å². The Hall–Kier alpha value is -3.26. The first-order valence-electron chi connectivity index (χ1n) is 9.46. The highest BCUT2D eigenvalue weighted by Crippen LogP contribution is 2.24. The van der Waals surface area contributed by atoms with Crippen LogP contribution in [0.2, 0.25) is 0 Å². The molecule has 2 aromatic carbocycles. The molecule has 2 amide bonds. The Labute approximate surface area is 177 Å². The topological polar surface area (TPSA) is 71.5 Å². The van der Waals surface area contributed by atoms with Gasteiger partial charge < -0.3 is 9.64 Å². The Morgan fingerprint density at radius 1 is 1.20 bits per heavy atom. The number of amides is 2. The van der Waals surface area contributed by atoms with E-state index in [1.165, 1.54) is 41.2 Å². The van der Waals surface area contributed by atoms with Gasteiger partial charge in [-0.25, -0.2) is 9.37 Å². The van der Waals surface area contributed by atoms with Gasteiger partial charge in [0.25, 0.3) is 5.91 Å². The SMILES string of the molecule is COc1ccc2c(c1)CCN(C(=O)Cc1csc(NC(=O)c3ccc(F)cc3)n1)C2. The van der Waals surface area contributed by atoms with Gasteiger partial charge in [-0.15, -0.1) is 11.3 Å². The van der Waals surface area contributed by atoms with Crippen LogP contribution in [0, 0.1) is 5.82 Å². The Kier molecular flexibility index (Phi) is 5.76. The second-order valence-corrected chi connectivity index (χ2v) is 7.84. The van der Waals surface area contributed by atoms with Crippen LogP contribution in [0.15, 0.2) is 47.8 Å². The van der Waals surface area contributed by atoms with Crippen LogP contribution < -0.4 is 10.1 Å². The van der Waals surface area contributed by atoms with E-state index in [0.29, 0.717) is 29.5 Å². The molecule has 0 fully saturated rings. The van der Waals surface area contributed by atoms with Crippen molar-refractivity contribution >= 4 is 28.3 Å². The van der Waals surface area contributed by atoms with E-state index < -0.39 is 5.82 Å². The van der Waals surface area contributed by atoms with E-state index >= 15 is 0 Å². The number of thiazole rings is 1. The van der Waals surface area contributed by atoms with Crippen molar-refractivity contribution in [1.29, 1.82) is 0 Å². The number of carbonyl (C=O) groups is 2. The molecular weight excluding hydrogens is 405 g/mol. The third kappa shape index (κ3) is 4.49. The largest absolute Gasteiger partial charge is 0.497 e. The minimum atomic E-state index is -0.402. The molecule has 0 bridgehead atoms. The molecule has 0 unspecified atom stereocenters. The normalized spacial score (nSPS) is 12.9. The summed E-state index contributed by atoms with van der Waals surface area (Å²) in [5.74, 6) is 0.0516. The molecular formula is C22H20FN3O3S. The lowest BCUT2D eigenvalue weighted by molar-refractivity contribution is -0.131. The number of benzene rings is 2. The zero-order valence-electron chi connectivity index (χ0n) is 16.4. The Morgan fingerprint density at radius 2 is 2.00 bits per heavy atom. The Morgan fingerprint density at radius 3 is 2.77 bits per heavy atom. The second kappa shape index (κ2) is 8.62. The molecule has 154 valence electrons. The van der Waals surface area contributed by atoms with Crippen molar-refractivity contribution in [1.82, 2.24) is 9.88 Å². The lowest BCUT2D eigenvalue weighted by Crippen LogP contribution is -2.37. The van der Waals surface area contributed by atoms with Crippen molar-refractivity contribution in [3.8, 4) is 5.75 Å². The van der Waals surface area contributed by atoms with Crippen LogP contribution in [0.3, 0.4) is 0 Å². The standard InChI is InChI=1S/C22H20FN3O3S/c1-29-19-7-4-16-12-26(9-8-15(16)10-19)20(27)11-18-13-30-22(24-18)25-21(28)14-2-5-17(23)6-3-14/h2-7,10,13H,8-9,11-12H2,1H3,(H,24,25,28). The zero-order valence-corrected chi connectivity index (χ0v) is 17.2. The highest BCUT2D eigenvalue weighted by molar-refractivity contribution is 7.14. The molecule has 3 aromatic rings. The summed E-state index contributed by atoms with van der Waals surface area (Å²) in [7, 11) is 1.64. The minimum Gasteiger partial charge on any atom is -0.497 e. The number of nitrogens with zero attached hydrogens (tertiary/aromatic N) is 2. The van der Waals surface area contributed by atoms with Crippen molar-refractivity contribution < 1.29 is 18.7 Å². The van der Waals surface area contributed by atoms with Gasteiger partial charge in [0.2, 0.25) is 5.91 Å². The number of fused-ring (bicyclic) bond motifs is 1. The lowest BCUT2D eigenvalue weighted by atomic mass is 9.99. The molecule has 0 saturated carbocycles. The quantitative estimate of drug-likeness (QED) is 0.677. The maximum Gasteiger partial charge on any atom is 0.257 e. The monoisotopic (exact) mass is 425 g/mol. The number of halogens is 1. The van der Waals surface area contributed by atoms with E-state index in [1.807, 2.05) is 23.1 Å². The smallest absolute Gasteiger partial charge is 0.257 e. The van der Waals surface area contributed by atoms with E-state index in [4.69, 9.17) is 4.74 Å². The first-order chi connectivity index (χ1) is 14.5. The summed E-state index contributed by atoms with van der Waals surface area (Å²) in [5, 5.41) is 4.85. The number of nitrogens with one attached hydrogen (secondary N) is 1. The molecule has 1 aliphatic rings. The van der Waals surface area contributed by atoms with Crippen LogP contribution in [0.5, 0.6) is 5.75 Å². The van der Waals surface area contributed by atoms with Gasteiger partial charge in [-0.2, -0.15) is 0 Å². The molecule has 0 saturated heterocycles. The summed E-state index contributed by atoms with van der Waals surface area (Å²) < 4.78 is 18.3. The van der Waals surface area contributed by atoms with Gasteiger partial charge in [0.1, 0.15) is 11.6 Å². The fraction of sp³-hybridized carbons (Fsp3) is 0.227. The molecule has 30 heavy (non-hydrogen) atoms. The van der Waals surface area contributed by atoms with E-state index in [1.54, 1.807) is 12.5 Å². The number of aromatic nitrogens is 1. The summed E-state index contributed by atoms with van der Waals surface area (Å²) in [4.78, 5) is 31.1. The van der Waals surface area contributed by atoms with Gasteiger partial charge in [-0.1, -0.05) is 6.07 Å². The third-order valence-electron chi connectivity index (χ3n) is 4.99. The highest BCUT2D eigenvalue weighted by Gasteiger charge is 2.22. The third-order valence-corrected chi connectivity index (χ3v) is 5.80. The summed E-state index contributed by atoms with van der Waals surface area (Å²) in [6, 6.07) is 11.2. The van der Waals surface area contributed by atoms with Gasteiger partial charge >= 0.3 is 0 Å². The summed E-state index contributed by atoms with van der Waals surface area (Å²) in [5.41, 5.74) is 3.28. The van der Waals surface area contributed by atoms with Gasteiger partial charge in [0.05, 0.1) is 19.2 Å². The number of rotatable bonds is 5. The molecule has 6 nitrogen and oxygen atoms in total. The van der Waals surface area contributed by atoms with Crippen LogP contribution in [-0.4, -0.2) is 35.4 Å². The van der Waals surface area contributed by atoms with E-state index in [2.05, 4.69) is 10.3 Å². The van der Waals surface area contributed by atoms with Crippen molar-refractivity contribution in [2.75, 3.05) is 19.0 Å². The predicted molar refractivity (Wildman–Crippen MR) is 112 cm³/mol. The molecule has 0 spiro atoms. The predicted octanol–water partition coefficient (Wildman–Crippen LogP) is 3.67. The maximum atomic E-state index is 13.0. The molecule has 4 rings (SSSR count). The van der Waals surface area contributed by atoms with Crippen molar-refractivity contribution in [3.63, 3.8) is 0 Å². The first kappa shape index (κ1) is 20.0. The van der Waals surface area contributed by atoms with Crippen molar-refractivity contribution in [3.05, 3.63) is 76.0 Å². The molecule has 8 heteroatoms. The second-order valence-electron chi connectivity index (χ2n) is 6.98. The number of hydrogen-bond acceptors (Lipinski definition) is 5. The Balaban J connectivity index is 1.36. The number of ether oxygens (including phenoxy) is 1. The van der Waals surface area contributed by atoms with Crippen LogP contribution in [0.25, 0.3) is 0 Å². The number of anilines is 1. The molecule has 0 atom stereocenters. The fourth-order valence-electron chi connectivity index (χ4n) is 3.35. The maximum absolute atomic E-state index is 13.0. The van der Waals surface area contributed by atoms with E-state index in [-0.39, 0.29) is 18.2 Å². The molecule has 0 aliphatic carbocycles. The Bertz CT molecular complexity index is 1080. The molecule has 1 aliphatic heterocycles. The van der Waals surface area contributed by atoms with Crippen LogP contribution in [0.4, 0.5) is 9.52 Å². The average Bonchev–Trinajstić information content (AvgIpc) is 3.19. The first-order valence-corrected chi connectivity index (χ1v) is 10.3. The molecule has 2 heterocycles. The number of hydrogen-bond donors (Lipinski definition) is 1. The zero-order chi connectivity index (χ0) is 21.1. The van der Waals surface area contributed by atoms with Crippen LogP contribution in [0.1, 0.15) is 27.2 Å². The number of methoxy groups -OCH3 is 1. The van der Waals surface area contributed by atoms with Crippen LogP contribution in [-0.2, 0) is 24.2 Å². The van der Waals surface area contributed by atoms with Gasteiger partial charge in [-0.3, -0.25) is 14.9 Å². The molecule has 1 N–H and O–H groups in total.